The molecule has 13 nitrogen and oxygen atoms in total. The van der Waals surface area contributed by atoms with Crippen LogP contribution >= 0.6 is 7.82 Å². The van der Waals surface area contributed by atoms with Crippen LogP contribution in [0.1, 0.15) is 140 Å². The van der Waals surface area contributed by atoms with Crippen LogP contribution in [-0.4, -0.2) is 71.8 Å². The summed E-state index contributed by atoms with van der Waals surface area (Å²) in [4.78, 5) is 14.7. The number of hydrogen-bond donors (Lipinski definition) is 2. The van der Waals surface area contributed by atoms with E-state index in [0.29, 0.717) is 42.1 Å². The third-order valence-corrected chi connectivity index (χ3v) is 11.2. The average Bonchev–Trinajstić information content (AvgIpc) is 3.63. The van der Waals surface area contributed by atoms with Crippen LogP contribution in [0, 0.1) is 11.3 Å². The van der Waals surface area contributed by atoms with E-state index in [1.165, 1.54) is 110 Å². The number of hydrogen-bond acceptors (Lipinski definition) is 11. The van der Waals surface area contributed by atoms with Gasteiger partial charge in [-0.3, -0.25) is 9.05 Å². The first kappa shape index (κ1) is 47.3. The number of nitrogens with zero attached hydrogens (tertiary/aromatic N) is 4. The third kappa shape index (κ3) is 18.0. The number of nitriles is 1. The summed E-state index contributed by atoms with van der Waals surface area (Å²) in [5.74, 6) is 0.824. The first-order valence-corrected chi connectivity index (χ1v) is 22.1. The van der Waals surface area contributed by atoms with Gasteiger partial charge < -0.3 is 29.6 Å². The molecular weight excluding hydrogens is 733 g/mol. The van der Waals surface area contributed by atoms with Crippen molar-refractivity contribution in [1.29, 1.82) is 5.26 Å². The standard InChI is InChI=1S/C42H68N5O8P/c1-5-6-7-8-9-10-11-12-13-14-15-16-17-18-19-20-27-52-31-38(53-30-35-21-22-36(29-43)40(28-35)50-3)32-54-56(48,49)55-33-42(2,51-4)26-25-37-23-24-39-41(44)45-34-46-47(37)39/h21-24,28,34,38H,5-20,25-27,30-33H2,1-4H3,(H,48,49)(H2,44,45,46)/t38-,42+/m1/s1. The Hall–Kier alpha value is -3.08. The minimum atomic E-state index is -4.50. The lowest BCUT2D eigenvalue weighted by Crippen LogP contribution is -2.34. The molecule has 0 bridgehead atoms. The van der Waals surface area contributed by atoms with Crippen molar-refractivity contribution >= 4 is 19.2 Å². The number of phosphoric acid groups is 1. The highest BCUT2D eigenvalue weighted by atomic mass is 31.2. The van der Waals surface area contributed by atoms with Crippen LogP contribution in [0.2, 0.25) is 0 Å². The van der Waals surface area contributed by atoms with Crippen LogP contribution in [0.5, 0.6) is 5.75 Å². The topological polar surface area (TPSA) is 173 Å². The van der Waals surface area contributed by atoms with Gasteiger partial charge in [0, 0.05) is 19.4 Å². The molecule has 3 rings (SSSR count). The van der Waals surface area contributed by atoms with Crippen molar-refractivity contribution in [1.82, 2.24) is 14.6 Å². The lowest BCUT2D eigenvalue weighted by atomic mass is 10.00. The fourth-order valence-electron chi connectivity index (χ4n) is 6.50. The van der Waals surface area contributed by atoms with E-state index in [9.17, 15) is 14.7 Å². The van der Waals surface area contributed by atoms with E-state index in [2.05, 4.69) is 23.1 Å². The number of fused-ring (bicyclic) bond motifs is 1. The summed E-state index contributed by atoms with van der Waals surface area (Å²) in [7, 11) is -1.46. The largest absolute Gasteiger partial charge is 0.495 e. The van der Waals surface area contributed by atoms with E-state index in [1.807, 2.05) is 12.1 Å². The first-order valence-electron chi connectivity index (χ1n) is 20.6. The Labute approximate surface area is 335 Å². The fraction of sp³-hybridized carbons (Fsp3) is 0.690. The van der Waals surface area contributed by atoms with E-state index in [0.717, 1.165) is 24.1 Å². The molecule has 2 aromatic heterocycles. The number of benzene rings is 1. The molecule has 0 spiro atoms. The Morgan fingerprint density at radius 1 is 0.911 bits per heavy atom. The summed E-state index contributed by atoms with van der Waals surface area (Å²) >= 11 is 0. The van der Waals surface area contributed by atoms with Gasteiger partial charge in [0.25, 0.3) is 0 Å². The molecule has 314 valence electrons. The molecular formula is C42H68N5O8P. The molecule has 0 saturated heterocycles. The van der Waals surface area contributed by atoms with Gasteiger partial charge >= 0.3 is 7.82 Å². The summed E-state index contributed by atoms with van der Waals surface area (Å²) in [5.41, 5.74) is 7.85. The maximum absolute atomic E-state index is 13.1. The van der Waals surface area contributed by atoms with Crippen LogP contribution in [-0.2, 0) is 40.9 Å². The number of nitrogen functional groups attached to an aromatic ring is 1. The smallest absolute Gasteiger partial charge is 0.472 e. The molecule has 1 aromatic carbocycles. The molecule has 0 amide bonds. The Kier molecular flexibility index (Phi) is 22.6. The van der Waals surface area contributed by atoms with E-state index < -0.39 is 19.5 Å². The Morgan fingerprint density at radius 3 is 2.16 bits per heavy atom. The highest BCUT2D eigenvalue weighted by Gasteiger charge is 2.31. The van der Waals surface area contributed by atoms with Crippen molar-refractivity contribution in [2.24, 2.45) is 0 Å². The molecule has 3 aromatic rings. The van der Waals surface area contributed by atoms with E-state index in [4.69, 9.17) is 33.7 Å². The van der Waals surface area contributed by atoms with Crippen LogP contribution in [0.4, 0.5) is 5.82 Å². The average molecular weight is 802 g/mol. The van der Waals surface area contributed by atoms with Gasteiger partial charge in [0.1, 0.15) is 29.8 Å². The first-order chi connectivity index (χ1) is 27.1. The van der Waals surface area contributed by atoms with Gasteiger partial charge in [-0.25, -0.2) is 14.1 Å². The van der Waals surface area contributed by atoms with Gasteiger partial charge in [0.05, 0.1) is 44.7 Å². The molecule has 3 atom stereocenters. The van der Waals surface area contributed by atoms with E-state index >= 15 is 0 Å². The maximum Gasteiger partial charge on any atom is 0.472 e. The minimum absolute atomic E-state index is 0.155. The Morgan fingerprint density at radius 2 is 1.55 bits per heavy atom. The van der Waals surface area contributed by atoms with Crippen molar-refractivity contribution in [3.63, 3.8) is 0 Å². The second kappa shape index (κ2) is 26.8. The van der Waals surface area contributed by atoms with Gasteiger partial charge in [0.15, 0.2) is 5.82 Å². The van der Waals surface area contributed by atoms with Gasteiger partial charge in [-0.2, -0.15) is 10.4 Å². The predicted molar refractivity (Wildman–Crippen MR) is 220 cm³/mol. The number of aromatic nitrogens is 3. The predicted octanol–water partition coefficient (Wildman–Crippen LogP) is 9.53. The molecule has 1 unspecified atom stereocenters. The number of rotatable bonds is 33. The maximum atomic E-state index is 13.1. The molecule has 0 aliphatic heterocycles. The monoisotopic (exact) mass is 801 g/mol. The molecule has 0 saturated carbocycles. The number of unbranched alkanes of at least 4 members (excludes halogenated alkanes) is 15. The van der Waals surface area contributed by atoms with Crippen LogP contribution in [0.25, 0.3) is 5.52 Å². The molecule has 56 heavy (non-hydrogen) atoms. The Balaban J connectivity index is 1.39. The zero-order valence-corrected chi connectivity index (χ0v) is 35.3. The lowest BCUT2D eigenvalue weighted by molar-refractivity contribution is -0.0615. The van der Waals surface area contributed by atoms with Crippen molar-refractivity contribution in [2.75, 3.05) is 46.4 Å². The summed E-state index contributed by atoms with van der Waals surface area (Å²) in [6.07, 6.45) is 22.5. The van der Waals surface area contributed by atoms with Crippen molar-refractivity contribution < 1.29 is 37.5 Å². The van der Waals surface area contributed by atoms with Crippen LogP contribution in [0.3, 0.4) is 0 Å². The number of nitrogens with two attached hydrogens (primary N) is 1. The van der Waals surface area contributed by atoms with Gasteiger partial charge in [-0.1, -0.05) is 109 Å². The van der Waals surface area contributed by atoms with Gasteiger partial charge in [-0.15, -0.1) is 0 Å². The zero-order valence-electron chi connectivity index (χ0n) is 34.4. The van der Waals surface area contributed by atoms with Gasteiger partial charge in [-0.05, 0) is 56.0 Å². The lowest BCUT2D eigenvalue weighted by Gasteiger charge is -2.29. The SMILES string of the molecule is CCCCCCCCCCCCCCCCCCOC[C@H](COP(=O)(O)OC[C@](C)(CCc1ccc2c(N)ncnn12)OC)OCc1ccc(C#N)c(OC)c1. The highest BCUT2D eigenvalue weighted by molar-refractivity contribution is 7.47. The molecule has 14 heteroatoms. The quantitative estimate of drug-likeness (QED) is 0.0442. The molecule has 0 radical (unpaired) electrons. The second-order valence-corrected chi connectivity index (χ2v) is 16.4. The Bertz CT molecular complexity index is 1620. The summed E-state index contributed by atoms with van der Waals surface area (Å²) < 4.78 is 48.8. The summed E-state index contributed by atoms with van der Waals surface area (Å²) in [6, 6.07) is 11.0. The number of anilines is 1. The number of methoxy groups -OCH3 is 2. The normalized spacial score (nSPS) is 14.4. The number of phosphoric ester groups is 1. The molecule has 0 fully saturated rings. The molecule has 3 N–H and O–H groups in total. The molecule has 0 aliphatic carbocycles. The van der Waals surface area contributed by atoms with Crippen molar-refractivity contribution in [3.8, 4) is 11.8 Å². The van der Waals surface area contributed by atoms with E-state index in [-0.39, 0.29) is 26.4 Å². The minimum Gasteiger partial charge on any atom is -0.495 e. The van der Waals surface area contributed by atoms with Crippen molar-refractivity contribution in [3.05, 3.63) is 53.5 Å². The van der Waals surface area contributed by atoms with E-state index in [1.54, 1.807) is 29.6 Å². The number of ether oxygens (including phenoxy) is 4. The third-order valence-electron chi connectivity index (χ3n) is 10.2. The molecule has 2 heterocycles. The zero-order chi connectivity index (χ0) is 40.5. The second-order valence-electron chi connectivity index (χ2n) is 14.9. The molecule has 0 aliphatic rings. The number of aryl methyl sites for hydroxylation is 1. The summed E-state index contributed by atoms with van der Waals surface area (Å²) in [6.45, 7) is 4.52. The van der Waals surface area contributed by atoms with Crippen molar-refractivity contribution in [2.45, 2.75) is 148 Å². The highest BCUT2D eigenvalue weighted by Crippen LogP contribution is 2.44. The summed E-state index contributed by atoms with van der Waals surface area (Å²) in [5, 5.41) is 13.6. The van der Waals surface area contributed by atoms with Crippen LogP contribution < -0.4 is 10.5 Å². The van der Waals surface area contributed by atoms with Crippen LogP contribution in [0.15, 0.2) is 36.7 Å². The van der Waals surface area contributed by atoms with Gasteiger partial charge in [0.2, 0.25) is 0 Å². The fourth-order valence-corrected chi connectivity index (χ4v) is 7.36.